The Morgan fingerprint density at radius 3 is 2.19 bits per heavy atom. The van der Waals surface area contributed by atoms with Crippen molar-refractivity contribution in [1.82, 2.24) is 0 Å². The predicted molar refractivity (Wildman–Crippen MR) is 88.7 cm³/mol. The maximum absolute atomic E-state index is 13.5. The lowest BCUT2D eigenvalue weighted by Crippen LogP contribution is -2.25. The summed E-state index contributed by atoms with van der Waals surface area (Å²) in [6.07, 6.45) is -0.415. The van der Waals surface area contributed by atoms with E-state index in [9.17, 15) is 14.3 Å². The number of carbonyl (C=O) groups is 1. The lowest BCUT2D eigenvalue weighted by atomic mass is 9.96. The van der Waals surface area contributed by atoms with Gasteiger partial charge in [0.1, 0.15) is 5.82 Å². The Bertz CT molecular complexity index is 967. The molecule has 7 nitrogen and oxygen atoms in total. The van der Waals surface area contributed by atoms with Crippen molar-refractivity contribution >= 4 is 5.97 Å². The van der Waals surface area contributed by atoms with Crippen molar-refractivity contribution in [2.24, 2.45) is 9.98 Å². The van der Waals surface area contributed by atoms with E-state index in [1.807, 2.05) is 0 Å². The van der Waals surface area contributed by atoms with Crippen molar-refractivity contribution in [2.75, 3.05) is 21.3 Å². The Balaban J connectivity index is 2.27. The van der Waals surface area contributed by atoms with Gasteiger partial charge in [0.05, 0.1) is 38.5 Å². The fourth-order valence-corrected chi connectivity index (χ4v) is 2.94. The standard InChI is InChI=1S/C18H17FN2O5/c1-24-14-6-10(7-15(25-2)17(14)26-3)18(9-16(22)23)20-12-5-4-11(19)8-13(12)21-18/h4-8H,9H2,1-3H3,(H,22,23). The Labute approximate surface area is 148 Å². The molecule has 0 bridgehead atoms. The largest absolute Gasteiger partial charge is 0.493 e. The van der Waals surface area contributed by atoms with Crippen LogP contribution in [0.1, 0.15) is 12.0 Å². The minimum atomic E-state index is -1.45. The van der Waals surface area contributed by atoms with Crippen LogP contribution in [-0.2, 0) is 10.5 Å². The zero-order chi connectivity index (χ0) is 18.9. The van der Waals surface area contributed by atoms with Crippen LogP contribution in [0.15, 0.2) is 40.3 Å². The Kier molecular flexibility index (Phi) is 4.50. The van der Waals surface area contributed by atoms with Gasteiger partial charge in [-0.3, -0.25) is 4.79 Å². The first kappa shape index (κ1) is 17.7. The molecular formula is C18H17FN2O5. The number of methoxy groups -OCH3 is 3. The van der Waals surface area contributed by atoms with Crippen molar-refractivity contribution in [2.45, 2.75) is 12.1 Å². The number of aliphatic carboxylic acids is 1. The summed E-state index contributed by atoms with van der Waals surface area (Å²) < 4.78 is 29.5. The molecule has 1 aliphatic heterocycles. The van der Waals surface area contributed by atoms with Gasteiger partial charge in [-0.15, -0.1) is 0 Å². The fraction of sp³-hybridized carbons (Fsp3) is 0.278. The average Bonchev–Trinajstić information content (AvgIpc) is 2.97. The molecule has 26 heavy (non-hydrogen) atoms. The molecule has 0 saturated carbocycles. The maximum Gasteiger partial charge on any atom is 0.308 e. The van der Waals surface area contributed by atoms with Crippen LogP contribution in [0.25, 0.3) is 0 Å². The topological polar surface area (TPSA) is 89.7 Å². The van der Waals surface area contributed by atoms with Gasteiger partial charge < -0.3 is 19.3 Å². The molecule has 1 heterocycles. The van der Waals surface area contributed by atoms with Gasteiger partial charge in [0.25, 0.3) is 0 Å². The van der Waals surface area contributed by atoms with E-state index in [1.165, 1.54) is 39.5 Å². The van der Waals surface area contributed by atoms with E-state index in [-0.39, 0.29) is 0 Å². The molecule has 0 radical (unpaired) electrons. The summed E-state index contributed by atoms with van der Waals surface area (Å²) in [7, 11) is 4.38. The van der Waals surface area contributed by atoms with Crippen LogP contribution in [0.3, 0.4) is 0 Å². The minimum absolute atomic E-state index is 0.292. The summed E-state index contributed by atoms with van der Waals surface area (Å²) >= 11 is 0. The summed E-state index contributed by atoms with van der Waals surface area (Å²) in [5, 5.41) is 10.1. The van der Waals surface area contributed by atoms with Gasteiger partial charge >= 0.3 is 5.97 Å². The van der Waals surface area contributed by atoms with Crippen molar-refractivity contribution in [3.63, 3.8) is 0 Å². The normalized spacial score (nSPS) is 17.7. The first-order valence-corrected chi connectivity index (χ1v) is 7.70. The average molecular weight is 360 g/mol. The van der Waals surface area contributed by atoms with Crippen LogP contribution >= 0.6 is 0 Å². The summed E-state index contributed by atoms with van der Waals surface area (Å²) in [6.45, 7) is 0. The number of nitrogens with zero attached hydrogens (tertiary/aromatic N) is 2. The second kappa shape index (κ2) is 6.62. The fourth-order valence-electron chi connectivity index (χ4n) is 2.94. The number of carboxylic acids is 1. The molecule has 136 valence electrons. The quantitative estimate of drug-likeness (QED) is 0.842. The highest BCUT2D eigenvalue weighted by molar-refractivity contribution is 5.69. The van der Waals surface area contributed by atoms with Crippen molar-refractivity contribution in [3.8, 4) is 17.2 Å². The SMILES string of the molecule is COc1cc(C2(CC(=O)O)N=c3ccc(F)cc3=N2)cc(OC)c1OC. The second-order valence-electron chi connectivity index (χ2n) is 5.66. The second-order valence-corrected chi connectivity index (χ2v) is 5.66. The lowest BCUT2D eigenvalue weighted by molar-refractivity contribution is -0.138. The van der Waals surface area contributed by atoms with Crippen molar-refractivity contribution in [1.29, 1.82) is 0 Å². The highest BCUT2D eigenvalue weighted by Crippen LogP contribution is 2.43. The molecule has 2 aromatic carbocycles. The van der Waals surface area contributed by atoms with Gasteiger partial charge in [-0.1, -0.05) is 0 Å². The molecule has 0 aliphatic carbocycles. The van der Waals surface area contributed by atoms with Gasteiger partial charge in [0.15, 0.2) is 17.2 Å². The van der Waals surface area contributed by atoms with Gasteiger partial charge in [0.2, 0.25) is 5.75 Å². The van der Waals surface area contributed by atoms with Crippen LogP contribution in [0.4, 0.5) is 4.39 Å². The number of carboxylic acid groups (broad SMARTS) is 1. The number of ether oxygens (including phenoxy) is 3. The number of halogens is 1. The smallest absolute Gasteiger partial charge is 0.308 e. The number of fused-ring (bicyclic) bond motifs is 1. The van der Waals surface area contributed by atoms with E-state index in [1.54, 1.807) is 12.1 Å². The van der Waals surface area contributed by atoms with Gasteiger partial charge in [-0.25, -0.2) is 14.4 Å². The molecule has 1 atom stereocenters. The summed E-state index contributed by atoms with van der Waals surface area (Å²) in [4.78, 5) is 20.4. The van der Waals surface area contributed by atoms with Gasteiger partial charge in [-0.05, 0) is 24.3 Å². The first-order valence-electron chi connectivity index (χ1n) is 7.70. The zero-order valence-corrected chi connectivity index (χ0v) is 14.4. The molecule has 1 unspecified atom stereocenters. The molecular weight excluding hydrogens is 343 g/mol. The predicted octanol–water partition coefficient (Wildman–Crippen LogP) is 1.43. The Morgan fingerprint density at radius 2 is 1.65 bits per heavy atom. The third kappa shape index (κ3) is 2.94. The maximum atomic E-state index is 13.5. The minimum Gasteiger partial charge on any atom is -0.493 e. The van der Waals surface area contributed by atoms with Crippen molar-refractivity contribution < 1.29 is 28.5 Å². The molecule has 0 amide bonds. The van der Waals surface area contributed by atoms with Crippen LogP contribution in [-0.4, -0.2) is 32.4 Å². The first-order chi connectivity index (χ1) is 12.4. The molecule has 0 fully saturated rings. The molecule has 0 aromatic heterocycles. The lowest BCUT2D eigenvalue weighted by Gasteiger charge is -2.24. The van der Waals surface area contributed by atoms with E-state index in [0.717, 1.165) is 0 Å². The molecule has 1 N–H and O–H groups in total. The van der Waals surface area contributed by atoms with Crippen LogP contribution in [0.2, 0.25) is 0 Å². The molecule has 1 aliphatic rings. The monoisotopic (exact) mass is 360 g/mol. The third-order valence-corrected chi connectivity index (χ3v) is 4.07. The van der Waals surface area contributed by atoms with Crippen molar-refractivity contribution in [3.05, 3.63) is 52.4 Å². The summed E-state index contributed by atoms with van der Waals surface area (Å²) in [5.74, 6) is -0.512. The van der Waals surface area contributed by atoms with Crippen LogP contribution in [0, 0.1) is 5.82 Å². The number of rotatable bonds is 6. The summed E-state index contributed by atoms with van der Waals surface area (Å²) in [5.41, 5.74) is -1.01. The zero-order valence-electron chi connectivity index (χ0n) is 14.4. The highest BCUT2D eigenvalue weighted by atomic mass is 19.1. The Morgan fingerprint density at radius 1 is 1.04 bits per heavy atom. The molecule has 0 spiro atoms. The van der Waals surface area contributed by atoms with E-state index in [0.29, 0.717) is 33.5 Å². The summed E-state index contributed by atoms with van der Waals surface area (Å²) in [6, 6.07) is 7.14. The number of benzene rings is 2. The van der Waals surface area contributed by atoms with E-state index < -0.39 is 23.9 Å². The Hall–Kier alpha value is -3.16. The number of hydrogen-bond donors (Lipinski definition) is 1. The van der Waals surface area contributed by atoms with Gasteiger partial charge in [-0.2, -0.15) is 0 Å². The van der Waals surface area contributed by atoms with Crippen LogP contribution in [0.5, 0.6) is 17.2 Å². The van der Waals surface area contributed by atoms with E-state index in [2.05, 4.69) is 9.98 Å². The number of hydrogen-bond acceptors (Lipinski definition) is 6. The highest BCUT2D eigenvalue weighted by Gasteiger charge is 2.38. The van der Waals surface area contributed by atoms with E-state index >= 15 is 0 Å². The molecule has 0 saturated heterocycles. The molecule has 8 heteroatoms. The molecule has 2 aromatic rings. The molecule has 3 rings (SSSR count). The van der Waals surface area contributed by atoms with Gasteiger partial charge in [0, 0.05) is 11.6 Å². The van der Waals surface area contributed by atoms with E-state index in [4.69, 9.17) is 14.2 Å². The third-order valence-electron chi connectivity index (χ3n) is 4.07. The van der Waals surface area contributed by atoms with Crippen LogP contribution < -0.4 is 24.9 Å².